The van der Waals surface area contributed by atoms with Crippen LogP contribution >= 0.6 is 12.4 Å². The van der Waals surface area contributed by atoms with Crippen LogP contribution in [0.25, 0.3) is 0 Å². The minimum atomic E-state index is -0.535. The van der Waals surface area contributed by atoms with Crippen molar-refractivity contribution in [3.63, 3.8) is 0 Å². The molecule has 0 aliphatic rings. The topological polar surface area (TPSA) is 50.2 Å². The van der Waals surface area contributed by atoms with Gasteiger partial charge >= 0.3 is 5.97 Å². The molecule has 0 aliphatic heterocycles. The number of rotatable bonds is 2. The van der Waals surface area contributed by atoms with Crippen LogP contribution in [-0.2, 0) is 9.53 Å². The molecule has 9 heavy (non-hydrogen) atoms. The molecule has 0 fully saturated rings. The van der Waals surface area contributed by atoms with E-state index in [9.17, 15) is 4.79 Å². The molecular weight excluding hydrogens is 142 g/mol. The van der Waals surface area contributed by atoms with Crippen molar-refractivity contribution in [3.8, 4) is 0 Å². The lowest BCUT2D eigenvalue weighted by Gasteiger charge is -1.95. The molecule has 0 spiro atoms. The maximum atomic E-state index is 10.3. The fraction of sp³-hybridized carbons (Fsp3) is 0.600. The summed E-state index contributed by atoms with van der Waals surface area (Å²) in [4.78, 5) is 10.3. The number of hydrogen-bond acceptors (Lipinski definition) is 3. The fourth-order valence-corrected chi connectivity index (χ4v) is 0.239. The molecule has 0 aliphatic carbocycles. The average Bonchev–Trinajstić information content (AvgIpc) is 1.67. The summed E-state index contributed by atoms with van der Waals surface area (Å²) in [5.74, 6) is -0.535. The predicted molar refractivity (Wildman–Crippen MR) is 37.3 cm³/mol. The maximum absolute atomic E-state index is 10.3. The molecule has 4 heteroatoms. The first-order chi connectivity index (χ1) is 3.68. The van der Waals surface area contributed by atoms with Crippen molar-refractivity contribution in [1.29, 1.82) is 5.41 Å². The largest absolute Gasteiger partial charge is 0.462 e. The number of nitrogens with one attached hydrogen (secondary N) is 1. The van der Waals surface area contributed by atoms with Crippen molar-refractivity contribution in [3.05, 3.63) is 0 Å². The summed E-state index contributed by atoms with van der Waals surface area (Å²) in [7, 11) is 0. The van der Waals surface area contributed by atoms with E-state index in [1.54, 1.807) is 6.92 Å². The van der Waals surface area contributed by atoms with E-state index >= 15 is 0 Å². The molecule has 0 aromatic rings. The van der Waals surface area contributed by atoms with Crippen molar-refractivity contribution in [2.24, 2.45) is 0 Å². The second-order valence-electron chi connectivity index (χ2n) is 1.35. The Morgan fingerprint density at radius 1 is 1.67 bits per heavy atom. The number of ether oxygens (including phenoxy) is 1. The Bertz CT molecular complexity index is 114. The fourth-order valence-electron chi connectivity index (χ4n) is 0.239. The lowest BCUT2D eigenvalue weighted by molar-refractivity contribution is -0.135. The minimum absolute atomic E-state index is 0. The first kappa shape index (κ1) is 11.3. The van der Waals surface area contributed by atoms with Crippen molar-refractivity contribution < 1.29 is 9.53 Å². The van der Waals surface area contributed by atoms with Gasteiger partial charge in [-0.2, -0.15) is 0 Å². The zero-order valence-corrected chi connectivity index (χ0v) is 6.25. The van der Waals surface area contributed by atoms with E-state index in [0.29, 0.717) is 6.61 Å². The summed E-state index contributed by atoms with van der Waals surface area (Å²) < 4.78 is 4.44. The highest BCUT2D eigenvalue weighted by atomic mass is 35.5. The van der Waals surface area contributed by atoms with Gasteiger partial charge in [0.2, 0.25) is 0 Å². The number of halogens is 1. The Balaban J connectivity index is 0. The molecule has 54 valence electrons. The van der Waals surface area contributed by atoms with E-state index in [1.165, 1.54) is 6.92 Å². The number of hydrogen-bond donors (Lipinski definition) is 1. The lowest BCUT2D eigenvalue weighted by Crippen LogP contribution is -2.12. The lowest BCUT2D eigenvalue weighted by atomic mass is 10.4. The molecule has 0 rings (SSSR count). The van der Waals surface area contributed by atoms with Crippen LogP contribution in [0.15, 0.2) is 0 Å². The van der Waals surface area contributed by atoms with Crippen molar-refractivity contribution >= 4 is 24.1 Å². The summed E-state index contributed by atoms with van der Waals surface area (Å²) in [5, 5.41) is 6.73. The van der Waals surface area contributed by atoms with E-state index in [4.69, 9.17) is 5.41 Å². The Kier molecular flexibility index (Phi) is 6.96. The van der Waals surface area contributed by atoms with Crippen LogP contribution in [0.4, 0.5) is 0 Å². The standard InChI is InChI=1S/C5H9NO2.ClH/c1-3-8-5(7)4(2)6;/h6H,3H2,1-2H3;1H. The van der Waals surface area contributed by atoms with Gasteiger partial charge in [-0.15, -0.1) is 12.4 Å². The summed E-state index contributed by atoms with van der Waals surface area (Å²) in [6.45, 7) is 3.45. The van der Waals surface area contributed by atoms with Crippen LogP contribution in [-0.4, -0.2) is 18.3 Å². The summed E-state index contributed by atoms with van der Waals surface area (Å²) in [5.41, 5.74) is -0.0492. The molecule has 0 heterocycles. The Hall–Kier alpha value is -0.570. The van der Waals surface area contributed by atoms with Gasteiger partial charge in [0, 0.05) is 0 Å². The SMILES string of the molecule is CCOC(=O)C(C)=N.Cl. The molecule has 1 N–H and O–H groups in total. The average molecular weight is 152 g/mol. The monoisotopic (exact) mass is 151 g/mol. The molecule has 0 bridgehead atoms. The quantitative estimate of drug-likeness (QED) is 0.473. The van der Waals surface area contributed by atoms with E-state index in [2.05, 4.69) is 4.74 Å². The number of carbonyl (C=O) groups is 1. The van der Waals surface area contributed by atoms with Crippen molar-refractivity contribution in [1.82, 2.24) is 0 Å². The van der Waals surface area contributed by atoms with Crippen LogP contribution in [0.3, 0.4) is 0 Å². The molecule has 0 unspecified atom stereocenters. The highest BCUT2D eigenvalue weighted by Crippen LogP contribution is 1.77. The second-order valence-corrected chi connectivity index (χ2v) is 1.35. The first-order valence-corrected chi connectivity index (χ1v) is 2.40. The molecular formula is C5H10ClNO2. The van der Waals surface area contributed by atoms with Gasteiger partial charge in [-0.25, -0.2) is 4.79 Å². The van der Waals surface area contributed by atoms with Crippen LogP contribution in [0.5, 0.6) is 0 Å². The predicted octanol–water partition coefficient (Wildman–Crippen LogP) is 1.01. The zero-order valence-electron chi connectivity index (χ0n) is 5.43. The summed E-state index contributed by atoms with van der Waals surface area (Å²) in [6, 6.07) is 0. The third kappa shape index (κ3) is 5.30. The van der Waals surface area contributed by atoms with Gasteiger partial charge in [0.25, 0.3) is 0 Å². The van der Waals surface area contributed by atoms with Gasteiger partial charge in [-0.1, -0.05) is 0 Å². The van der Waals surface area contributed by atoms with Crippen molar-refractivity contribution in [2.45, 2.75) is 13.8 Å². The third-order valence-corrected chi connectivity index (χ3v) is 0.582. The molecule has 0 aromatic carbocycles. The van der Waals surface area contributed by atoms with Gasteiger partial charge < -0.3 is 4.74 Å². The molecule has 0 aromatic heterocycles. The molecule has 0 atom stereocenters. The first-order valence-electron chi connectivity index (χ1n) is 2.40. The molecule has 0 amide bonds. The zero-order chi connectivity index (χ0) is 6.57. The van der Waals surface area contributed by atoms with Crippen LogP contribution in [0, 0.1) is 5.41 Å². The van der Waals surface area contributed by atoms with Crippen molar-refractivity contribution in [2.75, 3.05) is 6.61 Å². The second kappa shape index (κ2) is 5.56. The molecule has 3 nitrogen and oxygen atoms in total. The van der Waals surface area contributed by atoms with E-state index in [1.807, 2.05) is 0 Å². The van der Waals surface area contributed by atoms with Gasteiger partial charge in [-0.3, -0.25) is 5.41 Å². The Labute approximate surface area is 60.3 Å². The van der Waals surface area contributed by atoms with E-state index < -0.39 is 5.97 Å². The van der Waals surface area contributed by atoms with Crippen LogP contribution in [0.2, 0.25) is 0 Å². The van der Waals surface area contributed by atoms with Crippen LogP contribution in [0.1, 0.15) is 13.8 Å². The normalized spacial score (nSPS) is 7.33. The summed E-state index contributed by atoms with van der Waals surface area (Å²) in [6.07, 6.45) is 0. The summed E-state index contributed by atoms with van der Waals surface area (Å²) >= 11 is 0. The molecule has 0 saturated heterocycles. The maximum Gasteiger partial charge on any atom is 0.351 e. The van der Waals surface area contributed by atoms with Crippen LogP contribution < -0.4 is 0 Å². The number of carbonyl (C=O) groups excluding carboxylic acids is 1. The highest BCUT2D eigenvalue weighted by molar-refractivity contribution is 6.33. The van der Waals surface area contributed by atoms with Gasteiger partial charge in [-0.05, 0) is 13.8 Å². The van der Waals surface area contributed by atoms with E-state index in [0.717, 1.165) is 0 Å². The Morgan fingerprint density at radius 3 is 2.22 bits per heavy atom. The smallest absolute Gasteiger partial charge is 0.351 e. The van der Waals surface area contributed by atoms with E-state index in [-0.39, 0.29) is 18.1 Å². The molecule has 0 saturated carbocycles. The third-order valence-electron chi connectivity index (χ3n) is 0.582. The number of esters is 1. The van der Waals surface area contributed by atoms with Gasteiger partial charge in [0.1, 0.15) is 5.71 Å². The van der Waals surface area contributed by atoms with Gasteiger partial charge in [0.15, 0.2) is 0 Å². The highest BCUT2D eigenvalue weighted by Gasteiger charge is 2.00. The van der Waals surface area contributed by atoms with Gasteiger partial charge in [0.05, 0.1) is 6.61 Å². The molecule has 0 radical (unpaired) electrons. The minimum Gasteiger partial charge on any atom is -0.462 e. The Morgan fingerprint density at radius 2 is 2.11 bits per heavy atom.